The van der Waals surface area contributed by atoms with Crippen LogP contribution in [0.15, 0.2) is 30.3 Å². The average molecular weight is 1680 g/mol. The molecule has 3 aliphatic rings. The number of rotatable bonds is 63. The topological polar surface area (TPSA) is 583 Å². The number of benzene rings is 1. The third kappa shape index (κ3) is 44.3. The van der Waals surface area contributed by atoms with Crippen LogP contribution < -0.4 is 63.8 Å². The Kier molecular flexibility index (Phi) is 54.6. The third-order valence-electron chi connectivity index (χ3n) is 19.0. The number of nitrogens with one attached hydrogen (secondary N) is 12. The van der Waals surface area contributed by atoms with Crippen molar-refractivity contribution in [3.63, 3.8) is 0 Å². The summed E-state index contributed by atoms with van der Waals surface area (Å²) in [5.41, 5.74) is -0.0986. The Bertz CT molecular complexity index is 2650. The lowest BCUT2D eigenvalue weighted by Crippen LogP contribution is -2.63. The first-order valence-corrected chi connectivity index (χ1v) is 40.5. The maximum Gasteiger partial charge on any atom is 0.407 e. The third-order valence-corrected chi connectivity index (χ3v) is 19.0. The number of alkyl carbamates (subject to hydrolysis) is 1. The van der Waals surface area contributed by atoms with Gasteiger partial charge in [0.1, 0.15) is 61.5 Å². The SMILES string of the molecule is CC(=O)N[C@@H]1[C@@H](O)[C@@H](O)[C@@H](CO)O[C@@H]1CCCOCCOCCNC(=O)NCCCC(CCCNC(=O)NCCOCCOCCC[C@H]1O[C@H](CO)[C@H](O)[C@H](O)[C@H]1NC(C)=O)(CCCNC(=O)NCCOCCOCCC[C@H]1O[C@H](CO)[C@H](O)[C@H](O)[C@H]1NC(C)=O)NC(=O)NCCOCCOCCOCCNC(=O)OCc1ccccc1. The van der Waals surface area contributed by atoms with Gasteiger partial charge >= 0.3 is 30.2 Å². The molecule has 674 valence electrons. The molecule has 42 heteroatoms. The Morgan fingerprint density at radius 1 is 0.333 bits per heavy atom. The van der Waals surface area contributed by atoms with E-state index in [1.165, 1.54) is 20.8 Å². The van der Waals surface area contributed by atoms with E-state index >= 15 is 0 Å². The van der Waals surface area contributed by atoms with Crippen molar-refractivity contribution in [2.24, 2.45) is 0 Å². The normalized spacial score (nSPS) is 23.2. The maximum atomic E-state index is 13.9. The van der Waals surface area contributed by atoms with Gasteiger partial charge in [-0.25, -0.2) is 24.0 Å². The lowest BCUT2D eigenvalue weighted by molar-refractivity contribution is -0.197. The number of carbonyl (C=O) groups is 8. The minimum Gasteiger partial charge on any atom is -0.445 e. The van der Waals surface area contributed by atoms with Crippen molar-refractivity contribution in [1.82, 2.24) is 63.8 Å². The van der Waals surface area contributed by atoms with Crippen LogP contribution in [0.5, 0.6) is 0 Å². The maximum absolute atomic E-state index is 13.9. The highest BCUT2D eigenvalue weighted by Gasteiger charge is 2.47. The molecular formula is C75H134N12O30. The van der Waals surface area contributed by atoms with E-state index in [4.69, 9.17) is 61.6 Å². The molecule has 0 unspecified atom stereocenters. The van der Waals surface area contributed by atoms with Crippen molar-refractivity contribution >= 4 is 47.9 Å². The highest BCUT2D eigenvalue weighted by molar-refractivity contribution is 5.76. The predicted molar refractivity (Wildman–Crippen MR) is 417 cm³/mol. The number of carbonyl (C=O) groups excluding carboxylic acids is 8. The molecule has 3 fully saturated rings. The van der Waals surface area contributed by atoms with E-state index in [0.29, 0.717) is 77.0 Å². The molecule has 3 saturated heterocycles. The van der Waals surface area contributed by atoms with E-state index < -0.39 is 165 Å². The van der Waals surface area contributed by atoms with Gasteiger partial charge in [-0.05, 0) is 82.6 Å². The number of ether oxygens (including phenoxy) is 13. The predicted octanol–water partition coefficient (Wildman–Crippen LogP) is -4.36. The van der Waals surface area contributed by atoms with Crippen molar-refractivity contribution in [3.8, 4) is 0 Å². The molecule has 12 amide bonds. The molecule has 3 aliphatic heterocycles. The molecule has 0 aromatic heterocycles. The largest absolute Gasteiger partial charge is 0.445 e. The summed E-state index contributed by atoms with van der Waals surface area (Å²) in [4.78, 5) is 100. The molecule has 1 aromatic rings. The first kappa shape index (κ1) is 102. The second-order valence-electron chi connectivity index (χ2n) is 28.3. The lowest BCUT2D eigenvalue weighted by Gasteiger charge is -2.42. The molecule has 15 atom stereocenters. The molecule has 21 N–H and O–H groups in total. The summed E-state index contributed by atoms with van der Waals surface area (Å²) in [5, 5.41) is 125. The number of aliphatic hydroxyl groups excluding tert-OH is 9. The Labute approximate surface area is 683 Å². The second-order valence-corrected chi connectivity index (χ2v) is 28.3. The molecule has 0 spiro atoms. The minimum absolute atomic E-state index is 0.114. The van der Waals surface area contributed by atoms with Crippen LogP contribution in [-0.4, -0.2) is 382 Å². The van der Waals surface area contributed by atoms with Crippen molar-refractivity contribution in [3.05, 3.63) is 35.9 Å². The number of hydrogen-bond donors (Lipinski definition) is 21. The molecule has 4 rings (SSSR count). The smallest absolute Gasteiger partial charge is 0.407 e. The Morgan fingerprint density at radius 2 is 0.607 bits per heavy atom. The van der Waals surface area contributed by atoms with E-state index in [-0.39, 0.29) is 178 Å². The summed E-state index contributed by atoms with van der Waals surface area (Å²) in [7, 11) is 0. The molecule has 3 heterocycles. The fourth-order valence-electron chi connectivity index (χ4n) is 13.1. The molecule has 1 aromatic carbocycles. The van der Waals surface area contributed by atoms with Gasteiger partial charge in [0.2, 0.25) is 17.7 Å². The van der Waals surface area contributed by atoms with E-state index in [1.807, 2.05) is 30.3 Å². The molecule has 42 nitrogen and oxygen atoms in total. The van der Waals surface area contributed by atoms with E-state index in [1.54, 1.807) is 0 Å². The highest BCUT2D eigenvalue weighted by atomic mass is 16.6. The van der Waals surface area contributed by atoms with Crippen LogP contribution in [0, 0.1) is 0 Å². The van der Waals surface area contributed by atoms with Crippen molar-refractivity contribution in [2.75, 3.05) is 191 Å². The van der Waals surface area contributed by atoms with Crippen LogP contribution in [0.4, 0.5) is 24.0 Å². The number of amides is 12. The van der Waals surface area contributed by atoms with Crippen molar-refractivity contribution < 1.29 is 146 Å². The van der Waals surface area contributed by atoms with Gasteiger partial charge in [-0.2, -0.15) is 0 Å². The van der Waals surface area contributed by atoms with Gasteiger partial charge in [-0.15, -0.1) is 0 Å². The van der Waals surface area contributed by atoms with Gasteiger partial charge in [0, 0.05) is 98.5 Å². The minimum atomic E-state index is -1.38. The average Bonchev–Trinajstić information content (AvgIpc) is 0.823. The summed E-state index contributed by atoms with van der Waals surface area (Å²) in [6, 6.07) is 4.72. The first-order valence-electron chi connectivity index (χ1n) is 40.5. The molecule has 0 bridgehead atoms. The van der Waals surface area contributed by atoms with Gasteiger partial charge in [-0.1, -0.05) is 30.3 Å². The van der Waals surface area contributed by atoms with Gasteiger partial charge in [0.15, 0.2) is 0 Å². The van der Waals surface area contributed by atoms with Gasteiger partial charge in [-0.3, -0.25) is 14.4 Å². The highest BCUT2D eigenvalue weighted by Crippen LogP contribution is 2.29. The van der Waals surface area contributed by atoms with Gasteiger partial charge < -0.3 is 171 Å². The lowest BCUT2D eigenvalue weighted by atomic mass is 9.83. The Morgan fingerprint density at radius 3 is 0.906 bits per heavy atom. The zero-order valence-corrected chi connectivity index (χ0v) is 67.8. The zero-order valence-electron chi connectivity index (χ0n) is 67.8. The standard InChI is InChI=1S/C75H134N12O30/c1-51(91)84-61-55(115-58(47-88)64(94)67(61)97)15-7-29-105-37-40-108-32-24-79-70(100)76-21-10-18-75(87-73(103)82-27-35-111-43-45-113-46-44-112-36-28-83-74(104)114-50-54-13-5-4-6-14-54,19-11-22-77-71(101)80-25-33-109-41-38-106-30-8-16-56-62(85-52(2)92)68(98)65(95)59(48-89)116-56)20-12-23-78-72(102)81-26-34-110-42-39-107-31-9-17-57-63(86-53(3)93)69(99)66(96)60(49-90)117-57/h4-6,13-14,55-69,88-90,94-99H,7-12,15-50H2,1-3H3,(H,83,104)(H,84,91)(H,85,92)(H,86,93)(H2,76,79,100)(H2,77,80,101)(H2,78,81,102)(H2,82,87,103)/t55-,56-,57-,58-,59-,60-,61+,62+,63+,64+,65+,66+,67-,68-,69-/m1/s1. The van der Waals surface area contributed by atoms with Crippen LogP contribution in [0.3, 0.4) is 0 Å². The van der Waals surface area contributed by atoms with E-state index in [0.717, 1.165) is 5.56 Å². The van der Waals surface area contributed by atoms with Crippen LogP contribution >= 0.6 is 0 Å². The fourth-order valence-corrected chi connectivity index (χ4v) is 13.1. The fraction of sp³-hybridized carbons (Fsp3) is 0.813. The summed E-state index contributed by atoms with van der Waals surface area (Å²) in [6.45, 7) is 7.88. The van der Waals surface area contributed by atoms with Gasteiger partial charge in [0.05, 0.1) is 155 Å². The van der Waals surface area contributed by atoms with E-state index in [2.05, 4.69) is 63.8 Å². The summed E-state index contributed by atoms with van der Waals surface area (Å²) < 4.78 is 73.3. The number of urea groups is 4. The molecule has 0 saturated carbocycles. The quantitative estimate of drug-likeness (QED) is 0.0274. The number of hydrogen-bond acceptors (Lipinski definition) is 30. The molecular weight excluding hydrogens is 1550 g/mol. The monoisotopic (exact) mass is 1680 g/mol. The zero-order chi connectivity index (χ0) is 85.3. The second kappa shape index (κ2) is 62.3. The molecule has 0 radical (unpaired) electrons. The van der Waals surface area contributed by atoms with Crippen molar-refractivity contribution in [2.45, 2.75) is 201 Å². The van der Waals surface area contributed by atoms with Gasteiger partial charge in [0.25, 0.3) is 0 Å². The van der Waals surface area contributed by atoms with Crippen molar-refractivity contribution in [1.29, 1.82) is 0 Å². The van der Waals surface area contributed by atoms with Crippen LogP contribution in [-0.2, 0) is 82.6 Å². The summed E-state index contributed by atoms with van der Waals surface area (Å²) in [5.74, 6) is -1.24. The van der Waals surface area contributed by atoms with E-state index in [9.17, 15) is 84.3 Å². The Balaban J connectivity index is 1.27. The van der Waals surface area contributed by atoms with Crippen LogP contribution in [0.1, 0.15) is 103 Å². The molecule has 0 aliphatic carbocycles. The van der Waals surface area contributed by atoms with Crippen LogP contribution in [0.2, 0.25) is 0 Å². The summed E-state index contributed by atoms with van der Waals surface area (Å²) in [6.07, 6.45) is -9.17. The number of aliphatic hydroxyl groups is 9. The first-order chi connectivity index (χ1) is 56.5. The van der Waals surface area contributed by atoms with Crippen LogP contribution in [0.25, 0.3) is 0 Å². The Hall–Kier alpha value is -6.86. The molecule has 117 heavy (non-hydrogen) atoms. The summed E-state index contributed by atoms with van der Waals surface area (Å²) >= 11 is 0.